The lowest BCUT2D eigenvalue weighted by atomic mass is 10.5. The Hall–Kier alpha value is -0.970. The summed E-state index contributed by atoms with van der Waals surface area (Å²) in [7, 11) is -2.63. The van der Waals surface area contributed by atoms with Crippen molar-refractivity contribution in [1.29, 1.82) is 0 Å². The molecule has 2 aromatic rings. The van der Waals surface area contributed by atoms with Gasteiger partial charge in [-0.3, -0.25) is 4.72 Å². The number of hydrogen-bond acceptors (Lipinski definition) is 6. The molecule has 112 valence electrons. The number of sulfonamides is 1. The number of thiophene rings is 1. The van der Waals surface area contributed by atoms with Crippen LogP contribution in [0.3, 0.4) is 0 Å². The van der Waals surface area contributed by atoms with Gasteiger partial charge in [0.05, 0.1) is 10.9 Å². The van der Waals surface area contributed by atoms with Gasteiger partial charge in [0.25, 0.3) is 10.0 Å². The fourth-order valence-electron chi connectivity index (χ4n) is 1.39. The highest BCUT2D eigenvalue weighted by atomic mass is 79.9. The summed E-state index contributed by atoms with van der Waals surface area (Å²) in [5, 5.41) is 0. The Morgan fingerprint density at radius 1 is 1.38 bits per heavy atom. The molecule has 0 bridgehead atoms. The Labute approximate surface area is 141 Å². The molecule has 0 saturated carbocycles. The van der Waals surface area contributed by atoms with Gasteiger partial charge in [-0.2, -0.15) is 0 Å². The molecule has 1 N–H and O–H groups in total. The van der Waals surface area contributed by atoms with Crippen LogP contribution < -0.4 is 4.72 Å². The minimum Gasteiger partial charge on any atom is -0.465 e. The van der Waals surface area contributed by atoms with Gasteiger partial charge in [0, 0.05) is 10.7 Å². The summed E-state index contributed by atoms with van der Waals surface area (Å²) in [4.78, 5) is 15.5. The highest BCUT2D eigenvalue weighted by Crippen LogP contribution is 2.33. The van der Waals surface area contributed by atoms with E-state index in [1.54, 1.807) is 6.07 Å². The molecule has 0 aliphatic carbocycles. The summed E-state index contributed by atoms with van der Waals surface area (Å²) >= 11 is 7.35. The minimum atomic E-state index is -3.86. The van der Waals surface area contributed by atoms with Crippen LogP contribution in [0.1, 0.15) is 9.67 Å². The van der Waals surface area contributed by atoms with Crippen LogP contribution in [0.5, 0.6) is 0 Å². The van der Waals surface area contributed by atoms with Crippen molar-refractivity contribution in [3.63, 3.8) is 0 Å². The summed E-state index contributed by atoms with van der Waals surface area (Å²) in [6, 6.07) is 4.45. The highest BCUT2D eigenvalue weighted by Gasteiger charge is 2.24. The zero-order chi connectivity index (χ0) is 15.6. The number of carbonyl (C=O) groups excluding carboxylic acids is 1. The van der Waals surface area contributed by atoms with Crippen LogP contribution >= 0.6 is 43.2 Å². The standard InChI is InChI=1S/C11H8Br2N2O4S2/c1-19-11(16)7-5-8(10(13)20-7)21(17,18)15-9-4-6(12)2-3-14-9/h2-5H,1H3,(H,14,15). The molecular weight excluding hydrogens is 448 g/mol. The molecule has 0 aliphatic heterocycles. The van der Waals surface area contributed by atoms with Crippen molar-refractivity contribution in [3.05, 3.63) is 37.5 Å². The Bertz CT molecular complexity index is 789. The predicted molar refractivity (Wildman–Crippen MR) is 86.1 cm³/mol. The van der Waals surface area contributed by atoms with E-state index in [0.717, 1.165) is 11.3 Å². The molecule has 0 aliphatic rings. The number of aromatic nitrogens is 1. The fraction of sp³-hybridized carbons (Fsp3) is 0.0909. The molecule has 21 heavy (non-hydrogen) atoms. The van der Waals surface area contributed by atoms with Crippen molar-refractivity contribution >= 4 is 65.0 Å². The van der Waals surface area contributed by atoms with Gasteiger partial charge in [0.15, 0.2) is 0 Å². The van der Waals surface area contributed by atoms with Crippen molar-refractivity contribution in [2.45, 2.75) is 4.90 Å². The van der Waals surface area contributed by atoms with Crippen LogP contribution in [0.15, 0.2) is 37.6 Å². The zero-order valence-electron chi connectivity index (χ0n) is 10.5. The smallest absolute Gasteiger partial charge is 0.348 e. The van der Waals surface area contributed by atoms with Crippen molar-refractivity contribution in [3.8, 4) is 0 Å². The number of halogens is 2. The number of ether oxygens (including phenoxy) is 1. The maximum Gasteiger partial charge on any atom is 0.348 e. The number of hydrogen-bond donors (Lipinski definition) is 1. The molecule has 2 rings (SSSR count). The Balaban J connectivity index is 2.36. The second-order valence-electron chi connectivity index (χ2n) is 3.70. The lowest BCUT2D eigenvalue weighted by molar-refractivity contribution is 0.0606. The monoisotopic (exact) mass is 454 g/mol. The number of pyridine rings is 1. The Kier molecular flexibility index (Phi) is 5.02. The predicted octanol–water partition coefficient (Wildman–Crippen LogP) is 3.26. The molecule has 0 atom stereocenters. The summed E-state index contributed by atoms with van der Waals surface area (Å²) in [6.07, 6.45) is 1.46. The third kappa shape index (κ3) is 3.82. The number of rotatable bonds is 4. The number of esters is 1. The molecule has 0 fully saturated rings. The van der Waals surface area contributed by atoms with E-state index in [0.29, 0.717) is 8.26 Å². The van der Waals surface area contributed by atoms with Gasteiger partial charge in [0.1, 0.15) is 15.6 Å². The lowest BCUT2D eigenvalue weighted by Gasteiger charge is -2.06. The summed E-state index contributed by atoms with van der Waals surface area (Å²) in [6.45, 7) is 0. The van der Waals surface area contributed by atoms with E-state index in [1.807, 2.05) is 0 Å². The number of carbonyl (C=O) groups is 1. The first-order valence-corrected chi connectivity index (χ1v) is 9.24. The van der Waals surface area contributed by atoms with E-state index in [4.69, 9.17) is 0 Å². The van der Waals surface area contributed by atoms with Gasteiger partial charge in [-0.15, -0.1) is 11.3 Å². The molecule has 0 aromatic carbocycles. The van der Waals surface area contributed by atoms with Gasteiger partial charge in [-0.25, -0.2) is 18.2 Å². The van der Waals surface area contributed by atoms with Crippen LogP contribution in [0, 0.1) is 0 Å². The first kappa shape index (κ1) is 16.4. The SMILES string of the molecule is COC(=O)c1cc(S(=O)(=O)Nc2cc(Br)ccn2)c(Br)s1. The van der Waals surface area contributed by atoms with E-state index < -0.39 is 16.0 Å². The molecule has 10 heteroatoms. The molecule has 0 spiro atoms. The summed E-state index contributed by atoms with van der Waals surface area (Å²) in [5.41, 5.74) is 0. The topological polar surface area (TPSA) is 85.4 Å². The molecule has 2 aromatic heterocycles. The quantitative estimate of drug-likeness (QED) is 0.715. The highest BCUT2D eigenvalue weighted by molar-refractivity contribution is 9.11. The molecule has 0 saturated heterocycles. The third-order valence-corrected chi connectivity index (χ3v) is 6.37. The number of methoxy groups -OCH3 is 1. The van der Waals surface area contributed by atoms with Crippen molar-refractivity contribution in [2.24, 2.45) is 0 Å². The number of nitrogens with zero attached hydrogens (tertiary/aromatic N) is 1. The number of anilines is 1. The average molecular weight is 456 g/mol. The van der Waals surface area contributed by atoms with Gasteiger partial charge in [-0.05, 0) is 34.1 Å². The molecule has 0 amide bonds. The van der Waals surface area contributed by atoms with Crippen molar-refractivity contribution in [1.82, 2.24) is 4.98 Å². The van der Waals surface area contributed by atoms with E-state index in [1.165, 1.54) is 25.4 Å². The van der Waals surface area contributed by atoms with E-state index in [-0.39, 0.29) is 15.6 Å². The van der Waals surface area contributed by atoms with Crippen LogP contribution in [-0.4, -0.2) is 26.5 Å². The maximum absolute atomic E-state index is 12.3. The first-order valence-electron chi connectivity index (χ1n) is 5.35. The van der Waals surface area contributed by atoms with E-state index in [2.05, 4.69) is 46.3 Å². The molecule has 2 heterocycles. The first-order chi connectivity index (χ1) is 9.83. The van der Waals surface area contributed by atoms with Crippen molar-refractivity contribution in [2.75, 3.05) is 11.8 Å². The van der Waals surface area contributed by atoms with Crippen molar-refractivity contribution < 1.29 is 17.9 Å². The Morgan fingerprint density at radius 3 is 2.71 bits per heavy atom. The van der Waals surface area contributed by atoms with Gasteiger partial charge < -0.3 is 4.74 Å². The molecule has 6 nitrogen and oxygen atoms in total. The summed E-state index contributed by atoms with van der Waals surface area (Å²) < 4.78 is 32.5. The molecule has 0 unspecified atom stereocenters. The normalized spacial score (nSPS) is 11.2. The Morgan fingerprint density at radius 2 is 2.10 bits per heavy atom. The lowest BCUT2D eigenvalue weighted by Crippen LogP contribution is -2.13. The van der Waals surface area contributed by atoms with E-state index in [9.17, 15) is 13.2 Å². The zero-order valence-corrected chi connectivity index (χ0v) is 15.3. The van der Waals surface area contributed by atoms with Gasteiger partial charge in [0.2, 0.25) is 0 Å². The molecule has 0 radical (unpaired) electrons. The third-order valence-electron chi connectivity index (χ3n) is 2.29. The minimum absolute atomic E-state index is 0.0466. The average Bonchev–Trinajstić information content (AvgIpc) is 2.80. The van der Waals surface area contributed by atoms with Gasteiger partial charge in [-0.1, -0.05) is 15.9 Å². The molecular formula is C11H8Br2N2O4S2. The van der Waals surface area contributed by atoms with Crippen LogP contribution in [-0.2, 0) is 14.8 Å². The fourth-order valence-corrected chi connectivity index (χ4v) is 5.21. The van der Waals surface area contributed by atoms with Gasteiger partial charge >= 0.3 is 5.97 Å². The number of nitrogens with one attached hydrogen (secondary N) is 1. The largest absolute Gasteiger partial charge is 0.465 e. The van der Waals surface area contributed by atoms with Crippen LogP contribution in [0.4, 0.5) is 5.82 Å². The second-order valence-corrected chi connectivity index (χ2v) is 8.64. The maximum atomic E-state index is 12.3. The van der Waals surface area contributed by atoms with Crippen LogP contribution in [0.25, 0.3) is 0 Å². The van der Waals surface area contributed by atoms with Crippen LogP contribution in [0.2, 0.25) is 0 Å². The van der Waals surface area contributed by atoms with E-state index >= 15 is 0 Å². The summed E-state index contributed by atoms with van der Waals surface area (Å²) in [5.74, 6) is -0.426. The second kappa shape index (κ2) is 6.42.